The van der Waals surface area contributed by atoms with Gasteiger partial charge < -0.3 is 4.90 Å². The molecule has 1 aromatic heterocycles. The molecule has 0 aromatic carbocycles. The standard InChI is InChI=1S/C11H16N3/c1-2-10-4-8-14(9-5-10)11-12-6-3-7-13-11/h3,6-7,10H,1-2,4-5,8-9H2. The molecular weight excluding hydrogens is 174 g/mol. The van der Waals surface area contributed by atoms with Gasteiger partial charge in [0.05, 0.1) is 0 Å². The van der Waals surface area contributed by atoms with E-state index in [1.165, 1.54) is 12.8 Å². The van der Waals surface area contributed by atoms with Gasteiger partial charge in [-0.1, -0.05) is 13.3 Å². The molecule has 14 heavy (non-hydrogen) atoms. The van der Waals surface area contributed by atoms with E-state index < -0.39 is 0 Å². The molecule has 0 saturated carbocycles. The van der Waals surface area contributed by atoms with Crippen LogP contribution in [-0.2, 0) is 0 Å². The molecule has 0 N–H and O–H groups in total. The van der Waals surface area contributed by atoms with Gasteiger partial charge in [-0.3, -0.25) is 0 Å². The molecule has 1 radical (unpaired) electrons. The zero-order chi connectivity index (χ0) is 9.80. The van der Waals surface area contributed by atoms with Crippen LogP contribution in [0.4, 0.5) is 5.95 Å². The van der Waals surface area contributed by atoms with Crippen molar-refractivity contribution in [1.29, 1.82) is 0 Å². The monoisotopic (exact) mass is 190 g/mol. The zero-order valence-corrected chi connectivity index (χ0v) is 8.39. The van der Waals surface area contributed by atoms with Crippen molar-refractivity contribution in [1.82, 2.24) is 9.97 Å². The Balaban J connectivity index is 1.96. The average Bonchev–Trinajstić information content (AvgIpc) is 2.30. The molecule has 1 aliphatic rings. The Morgan fingerprint density at radius 2 is 1.93 bits per heavy atom. The maximum absolute atomic E-state index is 4.25. The van der Waals surface area contributed by atoms with Crippen LogP contribution in [-0.4, -0.2) is 23.1 Å². The van der Waals surface area contributed by atoms with Crippen LogP contribution in [0.3, 0.4) is 0 Å². The summed E-state index contributed by atoms with van der Waals surface area (Å²) in [6.45, 7) is 6.10. The molecule has 0 amide bonds. The normalized spacial score (nSPS) is 18.5. The first kappa shape index (κ1) is 9.44. The lowest BCUT2D eigenvalue weighted by molar-refractivity contribution is 0.405. The van der Waals surface area contributed by atoms with Gasteiger partial charge in [0, 0.05) is 25.5 Å². The van der Waals surface area contributed by atoms with Gasteiger partial charge in [-0.15, -0.1) is 0 Å². The van der Waals surface area contributed by atoms with E-state index in [9.17, 15) is 0 Å². The first-order valence-electron chi connectivity index (χ1n) is 5.21. The summed E-state index contributed by atoms with van der Waals surface area (Å²) in [5.74, 6) is 1.67. The van der Waals surface area contributed by atoms with Gasteiger partial charge in [-0.25, -0.2) is 9.97 Å². The minimum absolute atomic E-state index is 0.801. The second-order valence-corrected chi connectivity index (χ2v) is 3.77. The summed E-state index contributed by atoms with van der Waals surface area (Å²) in [6.07, 6.45) is 7.11. The van der Waals surface area contributed by atoms with Gasteiger partial charge in [-0.05, 0) is 24.8 Å². The van der Waals surface area contributed by atoms with Crippen LogP contribution in [0.1, 0.15) is 19.3 Å². The zero-order valence-electron chi connectivity index (χ0n) is 8.39. The summed E-state index contributed by atoms with van der Waals surface area (Å²) in [5, 5.41) is 0. The van der Waals surface area contributed by atoms with E-state index in [1.807, 2.05) is 6.07 Å². The number of rotatable bonds is 2. The quantitative estimate of drug-likeness (QED) is 0.713. The molecule has 0 unspecified atom stereocenters. The Morgan fingerprint density at radius 3 is 2.50 bits per heavy atom. The predicted molar refractivity (Wildman–Crippen MR) is 56.9 cm³/mol. The van der Waals surface area contributed by atoms with Crippen LogP contribution in [0.5, 0.6) is 0 Å². The third kappa shape index (κ3) is 2.03. The van der Waals surface area contributed by atoms with Crippen LogP contribution in [0.2, 0.25) is 0 Å². The lowest BCUT2D eigenvalue weighted by atomic mass is 9.95. The highest BCUT2D eigenvalue weighted by Gasteiger charge is 2.18. The van der Waals surface area contributed by atoms with Crippen molar-refractivity contribution in [2.75, 3.05) is 18.0 Å². The summed E-state index contributed by atoms with van der Waals surface area (Å²) >= 11 is 0. The molecular formula is C11H16N3. The van der Waals surface area contributed by atoms with Crippen LogP contribution in [0.15, 0.2) is 18.5 Å². The molecule has 0 atom stereocenters. The van der Waals surface area contributed by atoms with Crippen LogP contribution in [0.25, 0.3) is 0 Å². The van der Waals surface area contributed by atoms with Crippen molar-refractivity contribution in [3.05, 3.63) is 25.4 Å². The Labute approximate surface area is 85.2 Å². The lowest BCUT2D eigenvalue weighted by Crippen LogP contribution is -2.34. The second kappa shape index (κ2) is 4.40. The minimum Gasteiger partial charge on any atom is -0.341 e. The number of hydrogen-bond acceptors (Lipinski definition) is 3. The van der Waals surface area contributed by atoms with E-state index in [1.54, 1.807) is 12.4 Å². The second-order valence-electron chi connectivity index (χ2n) is 3.77. The van der Waals surface area contributed by atoms with Gasteiger partial charge in [0.2, 0.25) is 5.95 Å². The first-order chi connectivity index (χ1) is 6.90. The van der Waals surface area contributed by atoms with E-state index in [0.29, 0.717) is 0 Å². The molecule has 3 heteroatoms. The molecule has 1 fully saturated rings. The molecule has 75 valence electrons. The summed E-state index contributed by atoms with van der Waals surface area (Å²) in [6, 6.07) is 1.85. The van der Waals surface area contributed by atoms with E-state index in [-0.39, 0.29) is 0 Å². The third-order valence-electron chi connectivity index (χ3n) is 2.86. The molecule has 2 heterocycles. The van der Waals surface area contributed by atoms with Crippen molar-refractivity contribution in [3.63, 3.8) is 0 Å². The van der Waals surface area contributed by atoms with Crippen molar-refractivity contribution in [3.8, 4) is 0 Å². The minimum atomic E-state index is 0.801. The van der Waals surface area contributed by atoms with Crippen molar-refractivity contribution < 1.29 is 0 Å². The molecule has 2 rings (SSSR count). The predicted octanol–water partition coefficient (Wildman–Crippen LogP) is 1.92. The van der Waals surface area contributed by atoms with Gasteiger partial charge in [0.15, 0.2) is 0 Å². The van der Waals surface area contributed by atoms with E-state index >= 15 is 0 Å². The van der Waals surface area contributed by atoms with Gasteiger partial charge in [-0.2, -0.15) is 0 Å². The highest BCUT2D eigenvalue weighted by atomic mass is 15.2. The van der Waals surface area contributed by atoms with Crippen LogP contribution < -0.4 is 4.90 Å². The fraction of sp³-hybridized carbons (Fsp3) is 0.545. The molecule has 1 saturated heterocycles. The maximum atomic E-state index is 4.25. The molecule has 3 nitrogen and oxygen atoms in total. The number of nitrogens with zero attached hydrogens (tertiary/aromatic N) is 3. The Kier molecular flexibility index (Phi) is 2.96. The number of piperidine rings is 1. The third-order valence-corrected chi connectivity index (χ3v) is 2.86. The smallest absolute Gasteiger partial charge is 0.225 e. The maximum Gasteiger partial charge on any atom is 0.225 e. The lowest BCUT2D eigenvalue weighted by Gasteiger charge is -2.31. The number of anilines is 1. The number of hydrogen-bond donors (Lipinski definition) is 0. The van der Waals surface area contributed by atoms with Crippen LogP contribution >= 0.6 is 0 Å². The van der Waals surface area contributed by atoms with Gasteiger partial charge >= 0.3 is 0 Å². The fourth-order valence-corrected chi connectivity index (χ4v) is 1.88. The van der Waals surface area contributed by atoms with E-state index in [0.717, 1.165) is 31.4 Å². The van der Waals surface area contributed by atoms with Gasteiger partial charge in [0.1, 0.15) is 0 Å². The van der Waals surface area contributed by atoms with Crippen molar-refractivity contribution >= 4 is 5.95 Å². The first-order valence-corrected chi connectivity index (χ1v) is 5.21. The van der Waals surface area contributed by atoms with Crippen LogP contribution in [0, 0.1) is 12.8 Å². The van der Waals surface area contributed by atoms with Crippen molar-refractivity contribution in [2.24, 2.45) is 5.92 Å². The molecule has 0 aliphatic carbocycles. The molecule has 1 aliphatic heterocycles. The topological polar surface area (TPSA) is 29.0 Å². The molecule has 0 bridgehead atoms. The summed E-state index contributed by atoms with van der Waals surface area (Å²) in [7, 11) is 0. The van der Waals surface area contributed by atoms with Crippen molar-refractivity contribution in [2.45, 2.75) is 19.3 Å². The van der Waals surface area contributed by atoms with E-state index in [4.69, 9.17) is 0 Å². The largest absolute Gasteiger partial charge is 0.341 e. The molecule has 0 spiro atoms. The van der Waals surface area contributed by atoms with E-state index in [2.05, 4.69) is 21.8 Å². The Morgan fingerprint density at radius 1 is 1.29 bits per heavy atom. The fourth-order valence-electron chi connectivity index (χ4n) is 1.88. The average molecular weight is 190 g/mol. The highest BCUT2D eigenvalue weighted by Crippen LogP contribution is 2.21. The summed E-state index contributed by atoms with van der Waals surface area (Å²) in [5.41, 5.74) is 0. The van der Waals surface area contributed by atoms with Gasteiger partial charge in [0.25, 0.3) is 0 Å². The Bertz CT molecular complexity index is 265. The highest BCUT2D eigenvalue weighted by molar-refractivity contribution is 5.28. The number of aromatic nitrogens is 2. The summed E-state index contributed by atoms with van der Waals surface area (Å²) < 4.78 is 0. The Hall–Kier alpha value is -1.12. The SMILES string of the molecule is [CH2]CC1CCN(c2ncccn2)CC1. The molecule has 1 aromatic rings. The summed E-state index contributed by atoms with van der Waals surface area (Å²) in [4.78, 5) is 10.8.